The number of fused-ring (bicyclic) bond motifs is 2. The Labute approximate surface area is 114 Å². The highest BCUT2D eigenvalue weighted by Gasteiger charge is 2.41. The van der Waals surface area contributed by atoms with E-state index in [1.54, 1.807) is 6.20 Å². The summed E-state index contributed by atoms with van der Waals surface area (Å²) in [4.78, 5) is 4.02. The van der Waals surface area contributed by atoms with Crippen molar-refractivity contribution >= 4 is 11.6 Å². The van der Waals surface area contributed by atoms with E-state index in [1.165, 1.54) is 25.7 Å². The number of rotatable bonds is 4. The van der Waals surface area contributed by atoms with E-state index in [0.717, 1.165) is 34.9 Å². The lowest BCUT2D eigenvalue weighted by molar-refractivity contribution is 0.259. The van der Waals surface area contributed by atoms with Gasteiger partial charge in [-0.1, -0.05) is 18.0 Å². The van der Waals surface area contributed by atoms with Gasteiger partial charge in [0.15, 0.2) is 0 Å². The molecule has 1 aromatic rings. The number of pyridine rings is 1. The fraction of sp³-hybridized carbons (Fsp3) is 0.667. The van der Waals surface area contributed by atoms with Crippen molar-refractivity contribution < 1.29 is 0 Å². The van der Waals surface area contributed by atoms with Crippen molar-refractivity contribution in [2.24, 2.45) is 17.8 Å². The maximum atomic E-state index is 6.13. The second-order valence-electron chi connectivity index (χ2n) is 5.98. The van der Waals surface area contributed by atoms with E-state index in [2.05, 4.69) is 17.2 Å². The summed E-state index contributed by atoms with van der Waals surface area (Å²) in [5, 5.41) is 4.42. The molecule has 0 aliphatic heterocycles. The molecular formula is C15H21ClN2. The van der Waals surface area contributed by atoms with Crippen LogP contribution >= 0.6 is 11.6 Å². The predicted molar refractivity (Wildman–Crippen MR) is 74.5 cm³/mol. The van der Waals surface area contributed by atoms with Gasteiger partial charge in [0.05, 0.1) is 5.02 Å². The molecule has 1 N–H and O–H groups in total. The van der Waals surface area contributed by atoms with Gasteiger partial charge in [0, 0.05) is 25.0 Å². The van der Waals surface area contributed by atoms with Crippen LogP contribution in [-0.2, 0) is 6.54 Å². The summed E-state index contributed by atoms with van der Waals surface area (Å²) in [7, 11) is 0. The number of nitrogens with zero attached hydrogens (tertiary/aromatic N) is 1. The molecule has 0 spiro atoms. The lowest BCUT2D eigenvalue weighted by Gasteiger charge is -2.28. The summed E-state index contributed by atoms with van der Waals surface area (Å²) in [6.07, 6.45) is 9.38. The topological polar surface area (TPSA) is 24.9 Å². The predicted octanol–water partition coefficient (Wildman–Crippen LogP) is 3.65. The van der Waals surface area contributed by atoms with Crippen LogP contribution in [0, 0.1) is 17.8 Å². The highest BCUT2D eigenvalue weighted by molar-refractivity contribution is 6.31. The van der Waals surface area contributed by atoms with Crippen molar-refractivity contribution in [3.05, 3.63) is 29.0 Å². The average molecular weight is 265 g/mol. The van der Waals surface area contributed by atoms with Crippen LogP contribution in [0.4, 0.5) is 0 Å². The van der Waals surface area contributed by atoms with E-state index >= 15 is 0 Å². The molecule has 1 aromatic heterocycles. The summed E-state index contributed by atoms with van der Waals surface area (Å²) >= 11 is 6.13. The zero-order chi connectivity index (χ0) is 12.5. The van der Waals surface area contributed by atoms with Gasteiger partial charge in [-0.3, -0.25) is 4.98 Å². The molecule has 18 heavy (non-hydrogen) atoms. The second kappa shape index (κ2) is 5.18. The molecule has 2 aliphatic carbocycles. The van der Waals surface area contributed by atoms with E-state index in [4.69, 9.17) is 11.6 Å². The molecule has 0 saturated heterocycles. The molecule has 1 heterocycles. The molecule has 2 bridgehead atoms. The summed E-state index contributed by atoms with van der Waals surface area (Å²) in [5.41, 5.74) is 1.15. The van der Waals surface area contributed by atoms with Crippen molar-refractivity contribution in [2.45, 2.75) is 45.2 Å². The first kappa shape index (κ1) is 12.4. The van der Waals surface area contributed by atoms with Gasteiger partial charge in [0.2, 0.25) is 0 Å². The summed E-state index contributed by atoms with van der Waals surface area (Å²) in [6, 6.07) is 2.60. The normalized spacial score (nSPS) is 31.8. The van der Waals surface area contributed by atoms with Crippen LogP contribution in [0.2, 0.25) is 5.02 Å². The van der Waals surface area contributed by atoms with Gasteiger partial charge in [-0.15, -0.1) is 0 Å². The van der Waals surface area contributed by atoms with Crippen LogP contribution in [-0.4, -0.2) is 11.0 Å². The summed E-state index contributed by atoms with van der Waals surface area (Å²) < 4.78 is 0. The first-order valence-corrected chi connectivity index (χ1v) is 7.43. The van der Waals surface area contributed by atoms with E-state index in [9.17, 15) is 0 Å². The van der Waals surface area contributed by atoms with Crippen molar-refractivity contribution in [2.75, 3.05) is 0 Å². The molecule has 2 saturated carbocycles. The van der Waals surface area contributed by atoms with E-state index in [1.807, 2.05) is 12.3 Å². The number of nitrogens with one attached hydrogen (secondary N) is 1. The van der Waals surface area contributed by atoms with Gasteiger partial charge in [0.1, 0.15) is 0 Å². The first-order chi connectivity index (χ1) is 8.74. The van der Waals surface area contributed by atoms with Crippen molar-refractivity contribution in [1.82, 2.24) is 10.3 Å². The van der Waals surface area contributed by atoms with Gasteiger partial charge >= 0.3 is 0 Å². The molecule has 4 unspecified atom stereocenters. The van der Waals surface area contributed by atoms with Crippen molar-refractivity contribution in [3.63, 3.8) is 0 Å². The van der Waals surface area contributed by atoms with Gasteiger partial charge in [0.25, 0.3) is 0 Å². The minimum atomic E-state index is 0.601. The van der Waals surface area contributed by atoms with Crippen LogP contribution in [0.3, 0.4) is 0 Å². The van der Waals surface area contributed by atoms with E-state index in [0.29, 0.717) is 6.04 Å². The lowest BCUT2D eigenvalue weighted by Crippen LogP contribution is -2.35. The quantitative estimate of drug-likeness (QED) is 0.898. The Kier molecular flexibility index (Phi) is 3.58. The Morgan fingerprint density at radius 1 is 1.44 bits per heavy atom. The number of aromatic nitrogens is 1. The maximum Gasteiger partial charge on any atom is 0.0634 e. The molecule has 2 aliphatic rings. The minimum Gasteiger partial charge on any atom is -0.310 e. The number of hydrogen-bond acceptors (Lipinski definition) is 2. The van der Waals surface area contributed by atoms with E-state index < -0.39 is 0 Å². The standard InChI is InChI=1S/C15H21ClN2/c1-10(14-7-11-2-3-12(14)6-11)18-8-13-4-5-17-9-15(13)16/h4-5,9-12,14,18H,2-3,6-8H2,1H3. The van der Waals surface area contributed by atoms with Crippen molar-refractivity contribution in [1.29, 1.82) is 0 Å². The number of halogens is 1. The van der Waals surface area contributed by atoms with Gasteiger partial charge in [-0.2, -0.15) is 0 Å². The third-order valence-electron chi connectivity index (χ3n) is 4.91. The third-order valence-corrected chi connectivity index (χ3v) is 5.25. The first-order valence-electron chi connectivity index (χ1n) is 7.06. The van der Waals surface area contributed by atoms with Crippen LogP contribution in [0.25, 0.3) is 0 Å². The highest BCUT2D eigenvalue weighted by atomic mass is 35.5. The Morgan fingerprint density at radius 3 is 3.00 bits per heavy atom. The Bertz CT molecular complexity index is 421. The number of hydrogen-bond donors (Lipinski definition) is 1. The Morgan fingerprint density at radius 2 is 2.33 bits per heavy atom. The van der Waals surface area contributed by atoms with E-state index in [-0.39, 0.29) is 0 Å². The smallest absolute Gasteiger partial charge is 0.0634 e. The average Bonchev–Trinajstić information content (AvgIpc) is 2.99. The van der Waals surface area contributed by atoms with Crippen LogP contribution in [0.5, 0.6) is 0 Å². The molecule has 3 heteroatoms. The highest BCUT2D eigenvalue weighted by Crippen LogP contribution is 2.49. The molecule has 98 valence electrons. The second-order valence-corrected chi connectivity index (χ2v) is 6.38. The maximum absolute atomic E-state index is 6.13. The van der Waals surface area contributed by atoms with Gasteiger partial charge < -0.3 is 5.32 Å². The minimum absolute atomic E-state index is 0.601. The summed E-state index contributed by atoms with van der Waals surface area (Å²) in [5.74, 6) is 2.88. The molecule has 2 fully saturated rings. The summed E-state index contributed by atoms with van der Waals surface area (Å²) in [6.45, 7) is 3.19. The lowest BCUT2D eigenvalue weighted by atomic mass is 9.84. The molecule has 0 amide bonds. The van der Waals surface area contributed by atoms with Gasteiger partial charge in [-0.25, -0.2) is 0 Å². The zero-order valence-electron chi connectivity index (χ0n) is 10.9. The van der Waals surface area contributed by atoms with Crippen molar-refractivity contribution in [3.8, 4) is 0 Å². The molecule has 4 atom stereocenters. The van der Waals surface area contributed by atoms with Crippen LogP contribution < -0.4 is 5.32 Å². The largest absolute Gasteiger partial charge is 0.310 e. The molecule has 2 nitrogen and oxygen atoms in total. The fourth-order valence-corrected chi connectivity index (χ4v) is 4.06. The molecular weight excluding hydrogens is 244 g/mol. The van der Waals surface area contributed by atoms with Gasteiger partial charge in [-0.05, 0) is 55.6 Å². The SMILES string of the molecule is CC(NCc1ccncc1Cl)C1CC2CCC1C2. The molecule has 0 aromatic carbocycles. The molecule has 3 rings (SSSR count). The monoisotopic (exact) mass is 264 g/mol. The third kappa shape index (κ3) is 2.41. The Hall–Kier alpha value is -0.600. The van der Waals surface area contributed by atoms with Crippen LogP contribution in [0.15, 0.2) is 18.5 Å². The fourth-order valence-electron chi connectivity index (χ4n) is 3.88. The van der Waals surface area contributed by atoms with Crippen LogP contribution in [0.1, 0.15) is 38.2 Å². The zero-order valence-corrected chi connectivity index (χ0v) is 11.7. The Balaban J connectivity index is 1.56. The molecule has 0 radical (unpaired) electrons.